The normalized spacial score (nSPS) is 20.8. The minimum atomic E-state index is 0.182. The fourth-order valence-corrected chi connectivity index (χ4v) is 3.40. The Hall–Kier alpha value is -1.04. The van der Waals surface area contributed by atoms with Crippen LogP contribution in [0.5, 0.6) is 0 Å². The molecule has 1 N–H and O–H groups in total. The van der Waals surface area contributed by atoms with E-state index in [-0.39, 0.29) is 5.91 Å². The van der Waals surface area contributed by atoms with Crippen molar-refractivity contribution in [1.29, 1.82) is 0 Å². The highest BCUT2D eigenvalue weighted by molar-refractivity contribution is 7.98. The Labute approximate surface area is 124 Å². The highest BCUT2D eigenvalue weighted by Gasteiger charge is 2.29. The van der Waals surface area contributed by atoms with Crippen molar-refractivity contribution in [2.24, 2.45) is 0 Å². The van der Waals surface area contributed by atoms with Gasteiger partial charge in [-0.05, 0) is 18.4 Å². The zero-order chi connectivity index (χ0) is 13.9. The van der Waals surface area contributed by atoms with Crippen LogP contribution in [-0.2, 0) is 0 Å². The molecule has 2 aliphatic rings. The summed E-state index contributed by atoms with van der Waals surface area (Å²) in [5.74, 6) is 0.182. The SMILES string of the molecule is CSc1ccccc1C(=O)N1CCN(C2CNC2)CC1. The predicted octanol–water partition coefficient (Wildman–Crippen LogP) is 1.14. The maximum Gasteiger partial charge on any atom is 0.255 e. The molecule has 0 spiro atoms. The van der Waals surface area contributed by atoms with Crippen LogP contribution in [0.15, 0.2) is 29.2 Å². The molecular formula is C15H21N3OS. The molecule has 3 rings (SSSR count). The highest BCUT2D eigenvalue weighted by Crippen LogP contribution is 2.22. The van der Waals surface area contributed by atoms with Gasteiger partial charge in [-0.3, -0.25) is 9.69 Å². The van der Waals surface area contributed by atoms with E-state index >= 15 is 0 Å². The molecular weight excluding hydrogens is 270 g/mol. The van der Waals surface area contributed by atoms with E-state index in [0.717, 1.165) is 49.7 Å². The number of nitrogens with one attached hydrogen (secondary N) is 1. The third-order valence-corrected chi connectivity index (χ3v) is 5.01. The van der Waals surface area contributed by atoms with Crippen LogP contribution in [0.25, 0.3) is 0 Å². The second-order valence-electron chi connectivity index (χ2n) is 5.34. The van der Waals surface area contributed by atoms with Crippen LogP contribution in [0.2, 0.25) is 0 Å². The quantitative estimate of drug-likeness (QED) is 0.847. The van der Waals surface area contributed by atoms with Gasteiger partial charge in [-0.25, -0.2) is 0 Å². The highest BCUT2D eigenvalue weighted by atomic mass is 32.2. The summed E-state index contributed by atoms with van der Waals surface area (Å²) in [5.41, 5.74) is 0.846. The molecule has 2 aliphatic heterocycles. The van der Waals surface area contributed by atoms with Crippen LogP contribution >= 0.6 is 11.8 Å². The van der Waals surface area contributed by atoms with Gasteiger partial charge in [0.2, 0.25) is 0 Å². The summed E-state index contributed by atoms with van der Waals surface area (Å²) < 4.78 is 0. The average molecular weight is 291 g/mol. The second-order valence-corrected chi connectivity index (χ2v) is 6.19. The number of carbonyl (C=O) groups is 1. The molecule has 108 valence electrons. The molecule has 20 heavy (non-hydrogen) atoms. The first kappa shape index (κ1) is 13.9. The molecule has 0 aromatic heterocycles. The summed E-state index contributed by atoms with van der Waals surface area (Å²) in [5, 5.41) is 3.31. The molecule has 0 unspecified atom stereocenters. The molecule has 2 heterocycles. The topological polar surface area (TPSA) is 35.6 Å². The van der Waals surface area contributed by atoms with E-state index in [1.165, 1.54) is 0 Å². The van der Waals surface area contributed by atoms with Crippen molar-refractivity contribution in [2.75, 3.05) is 45.5 Å². The van der Waals surface area contributed by atoms with E-state index < -0.39 is 0 Å². The maximum absolute atomic E-state index is 12.6. The number of nitrogens with zero attached hydrogens (tertiary/aromatic N) is 2. The molecule has 0 aliphatic carbocycles. The minimum Gasteiger partial charge on any atom is -0.336 e. The summed E-state index contributed by atoms with van der Waals surface area (Å²) in [6, 6.07) is 8.59. The van der Waals surface area contributed by atoms with Gasteiger partial charge in [-0.15, -0.1) is 11.8 Å². The summed E-state index contributed by atoms with van der Waals surface area (Å²) in [4.78, 5) is 18.2. The van der Waals surface area contributed by atoms with E-state index in [9.17, 15) is 4.79 Å². The molecule has 0 saturated carbocycles. The lowest BCUT2D eigenvalue weighted by Gasteiger charge is -2.43. The Morgan fingerprint density at radius 3 is 2.50 bits per heavy atom. The van der Waals surface area contributed by atoms with Crippen LogP contribution in [0.1, 0.15) is 10.4 Å². The Morgan fingerprint density at radius 2 is 1.90 bits per heavy atom. The molecule has 1 amide bonds. The summed E-state index contributed by atoms with van der Waals surface area (Å²) in [6.07, 6.45) is 2.02. The van der Waals surface area contributed by atoms with Crippen molar-refractivity contribution in [3.8, 4) is 0 Å². The summed E-state index contributed by atoms with van der Waals surface area (Å²) in [7, 11) is 0. The second kappa shape index (κ2) is 6.16. The number of hydrogen-bond acceptors (Lipinski definition) is 4. The number of piperazine rings is 1. The lowest BCUT2D eigenvalue weighted by atomic mass is 10.1. The van der Waals surface area contributed by atoms with Gasteiger partial charge in [0.1, 0.15) is 0 Å². The predicted molar refractivity (Wildman–Crippen MR) is 82.4 cm³/mol. The lowest BCUT2D eigenvalue weighted by Crippen LogP contribution is -2.62. The molecule has 2 saturated heterocycles. The largest absolute Gasteiger partial charge is 0.336 e. The fourth-order valence-electron chi connectivity index (χ4n) is 2.81. The van der Waals surface area contributed by atoms with Crippen molar-refractivity contribution in [1.82, 2.24) is 15.1 Å². The molecule has 0 bridgehead atoms. The van der Waals surface area contributed by atoms with Crippen LogP contribution in [0.3, 0.4) is 0 Å². The van der Waals surface area contributed by atoms with Crippen molar-refractivity contribution < 1.29 is 4.79 Å². The van der Waals surface area contributed by atoms with Gasteiger partial charge in [-0.1, -0.05) is 12.1 Å². The molecule has 4 nitrogen and oxygen atoms in total. The molecule has 1 aromatic carbocycles. The molecule has 1 aromatic rings. The smallest absolute Gasteiger partial charge is 0.255 e. The van der Waals surface area contributed by atoms with E-state index in [1.807, 2.05) is 35.4 Å². The number of benzene rings is 1. The maximum atomic E-state index is 12.6. The summed E-state index contributed by atoms with van der Waals surface area (Å²) >= 11 is 1.64. The third kappa shape index (κ3) is 2.71. The van der Waals surface area contributed by atoms with Gasteiger partial charge in [0, 0.05) is 50.2 Å². The Morgan fingerprint density at radius 1 is 1.20 bits per heavy atom. The third-order valence-electron chi connectivity index (χ3n) is 4.22. The monoisotopic (exact) mass is 291 g/mol. The number of hydrogen-bond donors (Lipinski definition) is 1. The van der Waals surface area contributed by atoms with Crippen molar-refractivity contribution in [2.45, 2.75) is 10.9 Å². The molecule has 0 atom stereocenters. The number of thioether (sulfide) groups is 1. The van der Waals surface area contributed by atoms with Crippen LogP contribution in [0.4, 0.5) is 0 Å². The molecule has 5 heteroatoms. The van der Waals surface area contributed by atoms with Gasteiger partial charge in [0.05, 0.1) is 5.56 Å². The van der Waals surface area contributed by atoms with Crippen molar-refractivity contribution in [3.63, 3.8) is 0 Å². The summed E-state index contributed by atoms with van der Waals surface area (Å²) in [6.45, 7) is 5.89. The number of rotatable bonds is 3. The number of amides is 1. The van der Waals surface area contributed by atoms with Crippen molar-refractivity contribution in [3.05, 3.63) is 29.8 Å². The first-order valence-electron chi connectivity index (χ1n) is 7.16. The number of carbonyl (C=O) groups excluding carboxylic acids is 1. The zero-order valence-corrected chi connectivity index (χ0v) is 12.7. The van der Waals surface area contributed by atoms with Gasteiger partial charge in [0.25, 0.3) is 5.91 Å². The van der Waals surface area contributed by atoms with Gasteiger partial charge < -0.3 is 10.2 Å². The van der Waals surface area contributed by atoms with Gasteiger partial charge in [0.15, 0.2) is 0 Å². The van der Waals surface area contributed by atoms with E-state index in [1.54, 1.807) is 11.8 Å². The minimum absolute atomic E-state index is 0.182. The average Bonchev–Trinajstić information content (AvgIpc) is 2.45. The Balaban J connectivity index is 1.63. The first-order valence-corrected chi connectivity index (χ1v) is 8.39. The zero-order valence-electron chi connectivity index (χ0n) is 11.8. The van der Waals surface area contributed by atoms with E-state index in [2.05, 4.69) is 10.2 Å². The lowest BCUT2D eigenvalue weighted by molar-refractivity contribution is 0.0499. The van der Waals surface area contributed by atoms with E-state index in [4.69, 9.17) is 0 Å². The standard InChI is InChI=1S/C15H21N3OS/c1-20-14-5-3-2-4-13(14)15(19)18-8-6-17(7-9-18)12-10-16-11-12/h2-5,12,16H,6-11H2,1H3. The van der Waals surface area contributed by atoms with Crippen molar-refractivity contribution >= 4 is 17.7 Å². The Kier molecular flexibility index (Phi) is 4.29. The molecule has 0 radical (unpaired) electrons. The van der Waals surface area contributed by atoms with Gasteiger partial charge >= 0.3 is 0 Å². The van der Waals surface area contributed by atoms with Crippen LogP contribution in [0, 0.1) is 0 Å². The fraction of sp³-hybridized carbons (Fsp3) is 0.533. The first-order chi connectivity index (χ1) is 9.79. The molecule has 2 fully saturated rings. The Bertz CT molecular complexity index is 482. The van der Waals surface area contributed by atoms with Crippen LogP contribution in [-0.4, -0.2) is 67.3 Å². The van der Waals surface area contributed by atoms with E-state index in [0.29, 0.717) is 6.04 Å². The van der Waals surface area contributed by atoms with Gasteiger partial charge in [-0.2, -0.15) is 0 Å². The van der Waals surface area contributed by atoms with Crippen LogP contribution < -0.4 is 5.32 Å².